The maximum absolute atomic E-state index is 12.4. The lowest BCUT2D eigenvalue weighted by molar-refractivity contribution is -0.118. The maximum Gasteiger partial charge on any atom is 0.230 e. The third-order valence-electron chi connectivity index (χ3n) is 5.03. The molecule has 1 saturated heterocycles. The van der Waals surface area contributed by atoms with Crippen molar-refractivity contribution in [1.29, 1.82) is 0 Å². The van der Waals surface area contributed by atoms with E-state index in [4.69, 9.17) is 14.7 Å². The monoisotopic (exact) mass is 422 g/mol. The van der Waals surface area contributed by atoms with Gasteiger partial charge in [0, 0.05) is 25.0 Å². The van der Waals surface area contributed by atoms with E-state index in [1.54, 1.807) is 0 Å². The summed E-state index contributed by atoms with van der Waals surface area (Å²) in [5.74, 6) is 1.11. The molecule has 0 unspecified atom stereocenters. The van der Waals surface area contributed by atoms with Crippen LogP contribution in [0.25, 0.3) is 10.9 Å². The molecule has 0 bridgehead atoms. The van der Waals surface area contributed by atoms with Gasteiger partial charge in [-0.15, -0.1) is 0 Å². The Bertz CT molecular complexity index is 1000. The Balaban J connectivity index is 1.41. The zero-order valence-electron chi connectivity index (χ0n) is 17.1. The molecule has 0 radical (unpaired) electrons. The van der Waals surface area contributed by atoms with Crippen LogP contribution in [-0.2, 0) is 22.6 Å². The van der Waals surface area contributed by atoms with E-state index in [-0.39, 0.29) is 5.91 Å². The van der Waals surface area contributed by atoms with E-state index >= 15 is 0 Å². The van der Waals surface area contributed by atoms with E-state index in [0.717, 1.165) is 53.6 Å². The molecule has 2 aromatic carbocycles. The number of thioether (sulfide) groups is 1. The number of hydrogen-bond acceptors (Lipinski definition) is 6. The number of nitrogens with zero attached hydrogens (tertiary/aromatic N) is 3. The minimum Gasteiger partial charge on any atom is -0.379 e. The highest BCUT2D eigenvalue weighted by atomic mass is 32.2. The fraction of sp³-hybridized carbons (Fsp3) is 0.348. The quantitative estimate of drug-likeness (QED) is 0.466. The number of morpholine rings is 1. The molecule has 1 aromatic heterocycles. The topological polar surface area (TPSA) is 67.4 Å². The van der Waals surface area contributed by atoms with Crippen molar-refractivity contribution in [3.8, 4) is 0 Å². The highest BCUT2D eigenvalue weighted by Crippen LogP contribution is 2.25. The van der Waals surface area contributed by atoms with E-state index < -0.39 is 0 Å². The number of aromatic nitrogens is 2. The van der Waals surface area contributed by atoms with Crippen molar-refractivity contribution < 1.29 is 9.53 Å². The number of nitrogens with one attached hydrogen (secondary N) is 1. The number of carbonyl (C=O) groups excluding carboxylic acids is 1. The van der Waals surface area contributed by atoms with Gasteiger partial charge < -0.3 is 10.1 Å². The van der Waals surface area contributed by atoms with Gasteiger partial charge in [-0.05, 0) is 18.6 Å². The molecule has 1 N–H and O–H groups in total. The van der Waals surface area contributed by atoms with Crippen molar-refractivity contribution in [3.05, 3.63) is 65.5 Å². The van der Waals surface area contributed by atoms with Crippen LogP contribution in [0.15, 0.2) is 53.6 Å². The van der Waals surface area contributed by atoms with Gasteiger partial charge in [-0.25, -0.2) is 9.97 Å². The first kappa shape index (κ1) is 20.8. The van der Waals surface area contributed by atoms with Crippen LogP contribution < -0.4 is 5.32 Å². The van der Waals surface area contributed by atoms with Gasteiger partial charge in [0.25, 0.3) is 0 Å². The summed E-state index contributed by atoms with van der Waals surface area (Å²) in [4.78, 5) is 24.2. The minimum absolute atomic E-state index is 0.00185. The van der Waals surface area contributed by atoms with Crippen molar-refractivity contribution in [3.63, 3.8) is 0 Å². The number of fused-ring (bicyclic) bond motifs is 1. The lowest BCUT2D eigenvalue weighted by Crippen LogP contribution is -2.36. The maximum atomic E-state index is 12.4. The zero-order chi connectivity index (χ0) is 20.8. The second-order valence-corrected chi connectivity index (χ2v) is 8.37. The summed E-state index contributed by atoms with van der Waals surface area (Å²) in [7, 11) is 0. The number of hydrogen-bond donors (Lipinski definition) is 1. The van der Waals surface area contributed by atoms with E-state index in [0.29, 0.717) is 18.8 Å². The van der Waals surface area contributed by atoms with E-state index in [9.17, 15) is 4.79 Å². The Morgan fingerprint density at radius 3 is 2.67 bits per heavy atom. The molecule has 1 aliphatic heterocycles. The largest absolute Gasteiger partial charge is 0.379 e. The Labute approximate surface area is 181 Å². The second kappa shape index (κ2) is 10.0. The highest BCUT2D eigenvalue weighted by Gasteiger charge is 2.15. The van der Waals surface area contributed by atoms with Crippen LogP contribution in [0.4, 0.5) is 0 Å². The number of carbonyl (C=O) groups is 1. The molecule has 6 nitrogen and oxygen atoms in total. The van der Waals surface area contributed by atoms with Crippen LogP contribution in [0.1, 0.15) is 17.0 Å². The summed E-state index contributed by atoms with van der Waals surface area (Å²) in [6.07, 6.45) is 0. The lowest BCUT2D eigenvalue weighted by Gasteiger charge is -2.25. The first-order valence-corrected chi connectivity index (χ1v) is 11.2. The molecule has 0 aliphatic carbocycles. The summed E-state index contributed by atoms with van der Waals surface area (Å²) in [5.41, 5.74) is 3.22. The molecule has 4 rings (SSSR count). The van der Waals surface area contributed by atoms with Crippen LogP contribution in [0.3, 0.4) is 0 Å². The molecule has 0 spiro atoms. The molecule has 3 aromatic rings. The Morgan fingerprint density at radius 1 is 1.10 bits per heavy atom. The van der Waals surface area contributed by atoms with Gasteiger partial charge in [0.05, 0.1) is 31.0 Å². The molecule has 1 amide bonds. The van der Waals surface area contributed by atoms with Crippen LogP contribution in [0, 0.1) is 6.92 Å². The van der Waals surface area contributed by atoms with Crippen molar-refractivity contribution in [2.24, 2.45) is 0 Å². The molecular weight excluding hydrogens is 396 g/mol. The minimum atomic E-state index is -0.00185. The van der Waals surface area contributed by atoms with E-state index in [2.05, 4.69) is 29.3 Å². The average Bonchev–Trinajstić information content (AvgIpc) is 2.78. The van der Waals surface area contributed by atoms with Crippen molar-refractivity contribution >= 4 is 28.6 Å². The summed E-state index contributed by atoms with van der Waals surface area (Å²) in [6, 6.07) is 16.2. The van der Waals surface area contributed by atoms with Gasteiger partial charge in [0.1, 0.15) is 10.9 Å². The van der Waals surface area contributed by atoms with Gasteiger partial charge in [-0.2, -0.15) is 0 Å². The summed E-state index contributed by atoms with van der Waals surface area (Å²) < 4.78 is 5.43. The number of ether oxygens (including phenoxy) is 1. The molecule has 7 heteroatoms. The third-order valence-corrected chi connectivity index (χ3v) is 6.02. The summed E-state index contributed by atoms with van der Waals surface area (Å²) in [5, 5.41) is 4.83. The van der Waals surface area contributed by atoms with Gasteiger partial charge in [0.15, 0.2) is 0 Å². The number of amides is 1. The molecule has 0 saturated carbocycles. The fourth-order valence-corrected chi connectivity index (χ4v) is 4.19. The van der Waals surface area contributed by atoms with Gasteiger partial charge in [0.2, 0.25) is 5.91 Å². The SMILES string of the molecule is Cc1ccc(CNC(=O)CSc2nc(CN3CCOCC3)nc3ccccc23)cc1. The lowest BCUT2D eigenvalue weighted by atomic mass is 10.1. The summed E-state index contributed by atoms with van der Waals surface area (Å²) in [6.45, 7) is 6.55. The Hall–Kier alpha value is -2.48. The van der Waals surface area contributed by atoms with Gasteiger partial charge in [-0.1, -0.05) is 59.8 Å². The van der Waals surface area contributed by atoms with Gasteiger partial charge >= 0.3 is 0 Å². The van der Waals surface area contributed by atoms with Crippen LogP contribution in [0.5, 0.6) is 0 Å². The third kappa shape index (κ3) is 5.56. The number of para-hydroxylation sites is 1. The number of rotatable bonds is 7. The molecule has 0 atom stereocenters. The summed E-state index contributed by atoms with van der Waals surface area (Å²) >= 11 is 1.47. The normalized spacial score (nSPS) is 14.7. The molecular formula is C23H26N4O2S. The molecule has 2 heterocycles. The number of benzene rings is 2. The van der Waals surface area contributed by atoms with Crippen molar-refractivity contribution in [2.45, 2.75) is 25.0 Å². The smallest absolute Gasteiger partial charge is 0.230 e. The highest BCUT2D eigenvalue weighted by molar-refractivity contribution is 8.00. The average molecular weight is 423 g/mol. The zero-order valence-corrected chi connectivity index (χ0v) is 18.0. The standard InChI is InChI=1S/C23H26N4O2S/c1-17-6-8-18(9-7-17)14-24-22(28)16-30-23-19-4-2-3-5-20(19)25-21(26-23)15-27-10-12-29-13-11-27/h2-9H,10-16H2,1H3,(H,24,28). The van der Waals surface area contributed by atoms with Crippen molar-refractivity contribution in [2.75, 3.05) is 32.1 Å². The first-order chi connectivity index (χ1) is 14.7. The predicted octanol–water partition coefficient (Wildman–Crippen LogP) is 3.18. The molecule has 1 aliphatic rings. The fourth-order valence-electron chi connectivity index (χ4n) is 3.32. The first-order valence-electron chi connectivity index (χ1n) is 10.2. The van der Waals surface area contributed by atoms with E-state index in [1.807, 2.05) is 36.4 Å². The predicted molar refractivity (Wildman–Crippen MR) is 119 cm³/mol. The molecule has 1 fully saturated rings. The molecule has 30 heavy (non-hydrogen) atoms. The second-order valence-electron chi connectivity index (χ2n) is 7.40. The number of aryl methyl sites for hydroxylation is 1. The van der Waals surface area contributed by atoms with Crippen molar-refractivity contribution in [1.82, 2.24) is 20.2 Å². The Kier molecular flexibility index (Phi) is 6.94. The Morgan fingerprint density at radius 2 is 1.87 bits per heavy atom. The van der Waals surface area contributed by atoms with Crippen LogP contribution in [0.2, 0.25) is 0 Å². The van der Waals surface area contributed by atoms with E-state index in [1.165, 1.54) is 17.3 Å². The van der Waals surface area contributed by atoms with Gasteiger partial charge in [-0.3, -0.25) is 9.69 Å². The molecule has 156 valence electrons. The van der Waals surface area contributed by atoms with Crippen LogP contribution in [-0.4, -0.2) is 52.8 Å². The van der Waals surface area contributed by atoms with Crippen LogP contribution >= 0.6 is 11.8 Å².